The van der Waals surface area contributed by atoms with Gasteiger partial charge in [0.05, 0.1) is 4.90 Å². The molecule has 0 bridgehead atoms. The molecule has 1 fully saturated rings. The molecule has 0 heterocycles. The Morgan fingerprint density at radius 1 is 1.05 bits per heavy atom. The van der Waals surface area contributed by atoms with Gasteiger partial charge < -0.3 is 0 Å². The fourth-order valence-electron chi connectivity index (χ4n) is 2.44. The summed E-state index contributed by atoms with van der Waals surface area (Å²) in [6.07, 6.45) is 2.99. The number of nitrogens with one attached hydrogen (secondary N) is 1. The molecule has 1 aliphatic carbocycles. The standard InChI is InChI=1S/C17H18ClNO2S/c18-17-4-2-1-3-15(17)11-12-19-22(20,21)16-9-7-14(8-10-16)13-5-6-13/h1-4,7-10,13,19H,5-6,11-12H2. The highest BCUT2D eigenvalue weighted by molar-refractivity contribution is 7.89. The predicted molar refractivity (Wildman–Crippen MR) is 88.8 cm³/mol. The van der Waals surface area contributed by atoms with Crippen LogP contribution < -0.4 is 4.72 Å². The maximum absolute atomic E-state index is 12.3. The molecular formula is C17H18ClNO2S. The van der Waals surface area contributed by atoms with E-state index in [1.807, 2.05) is 36.4 Å². The quantitative estimate of drug-likeness (QED) is 0.874. The van der Waals surface area contributed by atoms with Crippen LogP contribution in [-0.4, -0.2) is 15.0 Å². The summed E-state index contributed by atoms with van der Waals surface area (Å²) in [5, 5.41) is 0.662. The van der Waals surface area contributed by atoms with Gasteiger partial charge in [-0.05, 0) is 54.5 Å². The third kappa shape index (κ3) is 3.69. The van der Waals surface area contributed by atoms with Gasteiger partial charge in [-0.2, -0.15) is 0 Å². The molecule has 0 saturated heterocycles. The summed E-state index contributed by atoms with van der Waals surface area (Å²) in [6.45, 7) is 0.330. The summed E-state index contributed by atoms with van der Waals surface area (Å²) in [6, 6.07) is 14.7. The van der Waals surface area contributed by atoms with Gasteiger partial charge in [0, 0.05) is 11.6 Å². The smallest absolute Gasteiger partial charge is 0.211 e. The highest BCUT2D eigenvalue weighted by Gasteiger charge is 2.23. The van der Waals surface area contributed by atoms with Gasteiger partial charge in [0.25, 0.3) is 0 Å². The molecule has 0 spiro atoms. The van der Waals surface area contributed by atoms with Crippen LogP contribution in [0.1, 0.15) is 29.9 Å². The summed E-state index contributed by atoms with van der Waals surface area (Å²) in [5.74, 6) is 0.630. The van der Waals surface area contributed by atoms with Crippen LogP contribution in [0.2, 0.25) is 5.02 Å². The summed E-state index contributed by atoms with van der Waals surface area (Å²) in [5.41, 5.74) is 2.17. The van der Waals surface area contributed by atoms with E-state index in [1.165, 1.54) is 18.4 Å². The van der Waals surface area contributed by atoms with Crippen molar-refractivity contribution in [3.05, 3.63) is 64.7 Å². The second-order valence-electron chi connectivity index (χ2n) is 5.58. The fraction of sp³-hybridized carbons (Fsp3) is 0.294. The molecule has 1 N–H and O–H groups in total. The number of halogens is 1. The lowest BCUT2D eigenvalue weighted by Crippen LogP contribution is -2.26. The van der Waals surface area contributed by atoms with Gasteiger partial charge in [-0.25, -0.2) is 13.1 Å². The van der Waals surface area contributed by atoms with Crippen molar-refractivity contribution in [3.8, 4) is 0 Å². The molecule has 22 heavy (non-hydrogen) atoms. The van der Waals surface area contributed by atoms with E-state index < -0.39 is 10.0 Å². The van der Waals surface area contributed by atoms with Gasteiger partial charge in [-0.1, -0.05) is 41.9 Å². The topological polar surface area (TPSA) is 46.2 Å². The lowest BCUT2D eigenvalue weighted by atomic mass is 10.1. The predicted octanol–water partition coefficient (Wildman–Crippen LogP) is 3.74. The van der Waals surface area contributed by atoms with E-state index in [9.17, 15) is 8.42 Å². The summed E-state index contributed by atoms with van der Waals surface area (Å²) < 4.78 is 27.1. The molecule has 3 rings (SSSR count). The first-order valence-electron chi connectivity index (χ1n) is 7.39. The molecule has 2 aromatic rings. The van der Waals surface area contributed by atoms with Gasteiger partial charge in [0.1, 0.15) is 0 Å². The molecule has 3 nitrogen and oxygen atoms in total. The van der Waals surface area contributed by atoms with E-state index in [2.05, 4.69) is 4.72 Å². The third-order valence-electron chi connectivity index (χ3n) is 3.88. The van der Waals surface area contributed by atoms with Crippen molar-refractivity contribution in [3.63, 3.8) is 0 Å². The second-order valence-corrected chi connectivity index (χ2v) is 7.76. The summed E-state index contributed by atoms with van der Waals surface area (Å²) in [4.78, 5) is 0.316. The minimum absolute atomic E-state index is 0.316. The average Bonchev–Trinajstić information content (AvgIpc) is 3.34. The highest BCUT2D eigenvalue weighted by atomic mass is 35.5. The minimum atomic E-state index is -3.46. The van der Waals surface area contributed by atoms with Crippen LogP contribution in [0, 0.1) is 0 Å². The number of hydrogen-bond donors (Lipinski definition) is 1. The van der Waals surface area contributed by atoms with Crippen molar-refractivity contribution in [2.24, 2.45) is 0 Å². The van der Waals surface area contributed by atoms with Crippen LogP contribution in [0.5, 0.6) is 0 Å². The van der Waals surface area contributed by atoms with Crippen molar-refractivity contribution < 1.29 is 8.42 Å². The molecule has 5 heteroatoms. The first-order chi connectivity index (χ1) is 10.6. The molecule has 1 aliphatic rings. The summed E-state index contributed by atoms with van der Waals surface area (Å²) >= 11 is 6.07. The molecule has 2 aromatic carbocycles. The fourth-order valence-corrected chi connectivity index (χ4v) is 3.70. The zero-order chi connectivity index (χ0) is 15.6. The molecule has 0 amide bonds. The molecule has 0 radical (unpaired) electrons. The van der Waals surface area contributed by atoms with E-state index in [-0.39, 0.29) is 0 Å². The normalized spacial score (nSPS) is 15.0. The van der Waals surface area contributed by atoms with Crippen molar-refractivity contribution in [2.75, 3.05) is 6.54 Å². The SMILES string of the molecule is O=S(=O)(NCCc1ccccc1Cl)c1ccc(C2CC2)cc1. The monoisotopic (exact) mass is 335 g/mol. The van der Waals surface area contributed by atoms with E-state index in [0.29, 0.717) is 28.8 Å². The molecule has 1 saturated carbocycles. The van der Waals surface area contributed by atoms with Crippen LogP contribution in [0.4, 0.5) is 0 Å². The minimum Gasteiger partial charge on any atom is -0.211 e. The number of sulfonamides is 1. The van der Waals surface area contributed by atoms with Gasteiger partial charge in [-0.3, -0.25) is 0 Å². The lowest BCUT2D eigenvalue weighted by molar-refractivity contribution is 0.581. The lowest BCUT2D eigenvalue weighted by Gasteiger charge is -2.08. The number of rotatable bonds is 6. The molecule has 0 aromatic heterocycles. The first-order valence-corrected chi connectivity index (χ1v) is 9.25. The Bertz CT molecular complexity index is 752. The Labute approximate surface area is 136 Å². The van der Waals surface area contributed by atoms with Gasteiger partial charge in [0.2, 0.25) is 10.0 Å². The molecule has 0 aliphatic heterocycles. The highest BCUT2D eigenvalue weighted by Crippen LogP contribution is 2.40. The van der Waals surface area contributed by atoms with Gasteiger partial charge >= 0.3 is 0 Å². The Morgan fingerprint density at radius 3 is 2.36 bits per heavy atom. The molecule has 0 unspecified atom stereocenters. The van der Waals surface area contributed by atoms with Gasteiger partial charge in [-0.15, -0.1) is 0 Å². The molecule has 0 atom stereocenters. The first kappa shape index (κ1) is 15.5. The van der Waals surface area contributed by atoms with Crippen LogP contribution in [-0.2, 0) is 16.4 Å². The van der Waals surface area contributed by atoms with E-state index >= 15 is 0 Å². The Kier molecular flexibility index (Phi) is 4.52. The largest absolute Gasteiger partial charge is 0.240 e. The maximum atomic E-state index is 12.3. The van der Waals surface area contributed by atoms with E-state index in [4.69, 9.17) is 11.6 Å². The molecular weight excluding hydrogens is 318 g/mol. The van der Waals surface area contributed by atoms with Gasteiger partial charge in [0.15, 0.2) is 0 Å². The Morgan fingerprint density at radius 2 is 1.73 bits per heavy atom. The van der Waals surface area contributed by atoms with Crippen molar-refractivity contribution in [1.29, 1.82) is 0 Å². The van der Waals surface area contributed by atoms with Crippen molar-refractivity contribution >= 4 is 21.6 Å². The third-order valence-corrected chi connectivity index (χ3v) is 5.73. The van der Waals surface area contributed by atoms with Crippen LogP contribution in [0.15, 0.2) is 53.4 Å². The van der Waals surface area contributed by atoms with Crippen LogP contribution in [0.25, 0.3) is 0 Å². The zero-order valence-electron chi connectivity index (χ0n) is 12.1. The zero-order valence-corrected chi connectivity index (χ0v) is 13.7. The van der Waals surface area contributed by atoms with E-state index in [0.717, 1.165) is 5.56 Å². The number of hydrogen-bond acceptors (Lipinski definition) is 2. The Balaban J connectivity index is 1.62. The Hall–Kier alpha value is -1.36. The maximum Gasteiger partial charge on any atom is 0.240 e. The van der Waals surface area contributed by atoms with Crippen LogP contribution in [0.3, 0.4) is 0 Å². The second kappa shape index (κ2) is 6.41. The molecule has 116 valence electrons. The summed E-state index contributed by atoms with van der Waals surface area (Å²) in [7, 11) is -3.46. The van der Waals surface area contributed by atoms with Crippen LogP contribution >= 0.6 is 11.6 Å². The number of benzene rings is 2. The average molecular weight is 336 g/mol. The van der Waals surface area contributed by atoms with E-state index in [1.54, 1.807) is 12.1 Å². The van der Waals surface area contributed by atoms with Crippen molar-refractivity contribution in [1.82, 2.24) is 4.72 Å². The van der Waals surface area contributed by atoms with Crippen molar-refractivity contribution in [2.45, 2.75) is 30.1 Å².